The predicted octanol–water partition coefficient (Wildman–Crippen LogP) is 1.20. The van der Waals surface area contributed by atoms with Gasteiger partial charge < -0.3 is 9.84 Å². The molecule has 0 aromatic carbocycles. The molecule has 0 atom stereocenters. The minimum Gasteiger partial charge on any atom is -0.465 e. The van der Waals surface area contributed by atoms with Gasteiger partial charge in [-0.3, -0.25) is 4.79 Å². The average molecular weight is 174 g/mol. The van der Waals surface area contributed by atoms with Crippen molar-refractivity contribution >= 4 is 5.97 Å². The zero-order valence-corrected chi connectivity index (χ0v) is 8.26. The van der Waals surface area contributed by atoms with Gasteiger partial charge >= 0.3 is 5.97 Å². The van der Waals surface area contributed by atoms with E-state index in [0.29, 0.717) is 12.5 Å². The third-order valence-corrected chi connectivity index (χ3v) is 1.50. The van der Waals surface area contributed by atoms with E-state index in [9.17, 15) is 4.79 Å². The molecule has 0 aromatic heterocycles. The number of rotatable bonds is 4. The molecule has 0 heterocycles. The van der Waals surface area contributed by atoms with Gasteiger partial charge in [0.2, 0.25) is 0 Å². The first kappa shape index (κ1) is 11.4. The summed E-state index contributed by atoms with van der Waals surface area (Å²) in [5.74, 6) is 0.00198. The molecule has 0 fully saturated rings. The van der Waals surface area contributed by atoms with Crippen LogP contribution < -0.4 is 0 Å². The molecule has 0 aliphatic heterocycles. The van der Waals surface area contributed by atoms with Gasteiger partial charge in [0, 0.05) is 0 Å². The fourth-order valence-corrected chi connectivity index (χ4v) is 0.502. The topological polar surface area (TPSA) is 46.5 Å². The highest BCUT2D eigenvalue weighted by atomic mass is 16.5. The van der Waals surface area contributed by atoms with Crippen LogP contribution in [0.4, 0.5) is 0 Å². The van der Waals surface area contributed by atoms with Gasteiger partial charge in [-0.15, -0.1) is 0 Å². The average Bonchev–Trinajstić information content (AvgIpc) is 2.00. The zero-order chi connectivity index (χ0) is 9.78. The van der Waals surface area contributed by atoms with E-state index >= 15 is 0 Å². The minimum absolute atomic E-state index is 0.177. The van der Waals surface area contributed by atoms with E-state index < -0.39 is 5.41 Å². The van der Waals surface area contributed by atoms with Crippen LogP contribution >= 0.6 is 0 Å². The Bertz CT molecular complexity index is 150. The summed E-state index contributed by atoms with van der Waals surface area (Å²) >= 11 is 0. The van der Waals surface area contributed by atoms with E-state index in [4.69, 9.17) is 9.84 Å². The van der Waals surface area contributed by atoms with E-state index in [1.54, 1.807) is 13.8 Å². The zero-order valence-electron chi connectivity index (χ0n) is 8.26. The first-order chi connectivity index (χ1) is 5.40. The second-order valence-electron chi connectivity index (χ2n) is 4.03. The second-order valence-corrected chi connectivity index (χ2v) is 4.03. The van der Waals surface area contributed by atoms with Crippen LogP contribution in [-0.4, -0.2) is 24.3 Å². The molecule has 0 bridgehead atoms. The summed E-state index contributed by atoms with van der Waals surface area (Å²) in [7, 11) is 0. The predicted molar refractivity (Wildman–Crippen MR) is 46.7 cm³/mol. The largest absolute Gasteiger partial charge is 0.465 e. The van der Waals surface area contributed by atoms with Crippen molar-refractivity contribution in [3.8, 4) is 0 Å². The molecule has 0 spiro atoms. The van der Waals surface area contributed by atoms with E-state index in [0.717, 1.165) is 0 Å². The van der Waals surface area contributed by atoms with Gasteiger partial charge in [0.05, 0.1) is 18.6 Å². The Kier molecular flexibility index (Phi) is 4.24. The SMILES string of the molecule is CC(C)COC(=O)C(C)(C)CO. The lowest BCUT2D eigenvalue weighted by Crippen LogP contribution is -2.31. The van der Waals surface area contributed by atoms with E-state index in [-0.39, 0.29) is 12.6 Å². The monoisotopic (exact) mass is 174 g/mol. The number of carbonyl (C=O) groups excluding carboxylic acids is 1. The van der Waals surface area contributed by atoms with E-state index in [1.807, 2.05) is 13.8 Å². The van der Waals surface area contributed by atoms with Crippen molar-refractivity contribution in [1.29, 1.82) is 0 Å². The number of aliphatic hydroxyl groups is 1. The highest BCUT2D eigenvalue weighted by Crippen LogP contribution is 2.16. The number of carbonyl (C=O) groups is 1. The minimum atomic E-state index is -0.769. The number of hydrogen-bond acceptors (Lipinski definition) is 3. The summed E-state index contributed by atoms with van der Waals surface area (Å²) in [5.41, 5.74) is -0.769. The molecule has 0 aliphatic carbocycles. The van der Waals surface area contributed by atoms with Crippen LogP contribution in [0, 0.1) is 11.3 Å². The smallest absolute Gasteiger partial charge is 0.313 e. The first-order valence-corrected chi connectivity index (χ1v) is 4.18. The molecule has 0 saturated heterocycles. The normalized spacial score (nSPS) is 11.8. The lowest BCUT2D eigenvalue weighted by atomic mass is 9.95. The lowest BCUT2D eigenvalue weighted by Gasteiger charge is -2.20. The Labute approximate surface area is 73.7 Å². The highest BCUT2D eigenvalue weighted by Gasteiger charge is 2.28. The fourth-order valence-electron chi connectivity index (χ4n) is 0.502. The summed E-state index contributed by atoms with van der Waals surface area (Å²) in [5, 5.41) is 8.83. The summed E-state index contributed by atoms with van der Waals surface area (Å²) in [4.78, 5) is 11.2. The summed E-state index contributed by atoms with van der Waals surface area (Å²) in [6, 6.07) is 0. The molecular formula is C9H18O3. The van der Waals surface area contributed by atoms with Gasteiger partial charge in [0.15, 0.2) is 0 Å². The molecule has 0 aromatic rings. The van der Waals surface area contributed by atoms with Crippen molar-refractivity contribution in [3.63, 3.8) is 0 Å². The van der Waals surface area contributed by atoms with Crippen molar-refractivity contribution in [2.75, 3.05) is 13.2 Å². The molecule has 1 N–H and O–H groups in total. The number of esters is 1. The van der Waals surface area contributed by atoms with Crippen LogP contribution in [-0.2, 0) is 9.53 Å². The molecule has 3 heteroatoms. The number of hydrogen-bond donors (Lipinski definition) is 1. The van der Waals surface area contributed by atoms with Crippen LogP contribution in [0.5, 0.6) is 0 Å². The Balaban J connectivity index is 3.88. The van der Waals surface area contributed by atoms with Crippen LogP contribution in [0.2, 0.25) is 0 Å². The number of aliphatic hydroxyl groups excluding tert-OH is 1. The van der Waals surface area contributed by atoms with Crippen molar-refractivity contribution in [1.82, 2.24) is 0 Å². The Morgan fingerprint density at radius 3 is 2.33 bits per heavy atom. The molecule has 0 amide bonds. The molecule has 0 radical (unpaired) electrons. The third-order valence-electron chi connectivity index (χ3n) is 1.50. The van der Waals surface area contributed by atoms with Crippen molar-refractivity contribution in [2.45, 2.75) is 27.7 Å². The third kappa shape index (κ3) is 3.72. The molecule has 12 heavy (non-hydrogen) atoms. The lowest BCUT2D eigenvalue weighted by molar-refractivity contribution is -0.157. The highest BCUT2D eigenvalue weighted by molar-refractivity contribution is 5.75. The Morgan fingerprint density at radius 2 is 2.00 bits per heavy atom. The van der Waals surface area contributed by atoms with Crippen molar-refractivity contribution in [3.05, 3.63) is 0 Å². The van der Waals surface area contributed by atoms with Crippen LogP contribution in [0.1, 0.15) is 27.7 Å². The fraction of sp³-hybridized carbons (Fsp3) is 0.889. The van der Waals surface area contributed by atoms with Gasteiger partial charge in [-0.2, -0.15) is 0 Å². The van der Waals surface area contributed by atoms with Crippen LogP contribution in [0.15, 0.2) is 0 Å². The molecular weight excluding hydrogens is 156 g/mol. The van der Waals surface area contributed by atoms with Gasteiger partial charge in [-0.25, -0.2) is 0 Å². The number of ether oxygens (including phenoxy) is 1. The Hall–Kier alpha value is -0.570. The van der Waals surface area contributed by atoms with Gasteiger partial charge in [0.25, 0.3) is 0 Å². The maximum Gasteiger partial charge on any atom is 0.313 e. The summed E-state index contributed by atoms with van der Waals surface area (Å²) < 4.78 is 4.96. The van der Waals surface area contributed by atoms with E-state index in [1.165, 1.54) is 0 Å². The van der Waals surface area contributed by atoms with Crippen LogP contribution in [0.25, 0.3) is 0 Å². The van der Waals surface area contributed by atoms with Gasteiger partial charge in [-0.1, -0.05) is 13.8 Å². The van der Waals surface area contributed by atoms with Crippen molar-refractivity contribution < 1.29 is 14.6 Å². The Morgan fingerprint density at radius 1 is 1.50 bits per heavy atom. The molecule has 72 valence electrons. The molecule has 0 saturated carbocycles. The second kappa shape index (κ2) is 4.45. The molecule has 3 nitrogen and oxygen atoms in total. The molecule has 0 unspecified atom stereocenters. The summed E-state index contributed by atoms with van der Waals surface area (Å²) in [6.45, 7) is 7.51. The van der Waals surface area contributed by atoms with Crippen molar-refractivity contribution in [2.24, 2.45) is 11.3 Å². The summed E-state index contributed by atoms with van der Waals surface area (Å²) in [6.07, 6.45) is 0. The van der Waals surface area contributed by atoms with Crippen LogP contribution in [0.3, 0.4) is 0 Å². The molecule has 0 aliphatic rings. The quantitative estimate of drug-likeness (QED) is 0.651. The molecule has 0 rings (SSSR count). The van der Waals surface area contributed by atoms with Gasteiger partial charge in [0.1, 0.15) is 0 Å². The maximum atomic E-state index is 11.2. The van der Waals surface area contributed by atoms with Gasteiger partial charge in [-0.05, 0) is 19.8 Å². The standard InChI is InChI=1S/C9H18O3/c1-7(2)5-12-8(11)9(3,4)6-10/h7,10H,5-6H2,1-4H3. The first-order valence-electron chi connectivity index (χ1n) is 4.18. The van der Waals surface area contributed by atoms with E-state index in [2.05, 4.69) is 0 Å². The maximum absolute atomic E-state index is 11.2.